The van der Waals surface area contributed by atoms with Gasteiger partial charge in [-0.1, -0.05) is 74.3 Å². The van der Waals surface area contributed by atoms with Crippen molar-refractivity contribution in [2.45, 2.75) is 65.5 Å². The first-order valence-electron chi connectivity index (χ1n) is 10.8. The second-order valence-electron chi connectivity index (χ2n) is 8.12. The van der Waals surface area contributed by atoms with E-state index in [0.29, 0.717) is 35.3 Å². The molecule has 0 radical (unpaired) electrons. The molecule has 6 heteroatoms. The van der Waals surface area contributed by atoms with Crippen LogP contribution in [0.1, 0.15) is 63.1 Å². The van der Waals surface area contributed by atoms with Crippen LogP contribution >= 0.6 is 23.2 Å². The van der Waals surface area contributed by atoms with Crippen LogP contribution in [-0.2, 0) is 22.6 Å². The van der Waals surface area contributed by atoms with Crippen LogP contribution in [0, 0.1) is 0 Å². The predicted molar refractivity (Wildman–Crippen MR) is 129 cm³/mol. The van der Waals surface area contributed by atoms with E-state index < -0.39 is 6.04 Å². The number of nitrogens with one attached hydrogen (secondary N) is 1. The molecule has 2 amide bonds. The third kappa shape index (κ3) is 7.55. The normalized spacial score (nSPS) is 12.0. The molecular formula is C25H32Cl2N2O2. The van der Waals surface area contributed by atoms with Gasteiger partial charge in [-0.15, -0.1) is 0 Å². The topological polar surface area (TPSA) is 49.4 Å². The lowest BCUT2D eigenvalue weighted by Crippen LogP contribution is -2.47. The highest BCUT2D eigenvalue weighted by Crippen LogP contribution is 2.24. The Hall–Kier alpha value is -2.04. The number of aryl methyl sites for hydroxylation is 1. The molecule has 0 saturated heterocycles. The summed E-state index contributed by atoms with van der Waals surface area (Å²) in [5.41, 5.74) is 3.14. The highest BCUT2D eigenvalue weighted by molar-refractivity contribution is 6.35. The Kier molecular flexibility index (Phi) is 9.86. The van der Waals surface area contributed by atoms with Crippen molar-refractivity contribution in [3.05, 3.63) is 69.2 Å². The number of carbonyl (C=O) groups is 2. The molecule has 1 N–H and O–H groups in total. The van der Waals surface area contributed by atoms with Crippen LogP contribution in [-0.4, -0.2) is 29.3 Å². The standard InChI is InChI=1S/C25H32Cl2N2O2/c1-5-14-28-25(31)18(4)29(16-21-11-12-22(26)15-23(21)27)24(30)13-8-19-6-9-20(10-7-19)17(2)3/h6-7,9-12,15,17-18H,5,8,13-14,16H2,1-4H3,(H,28,31)/t18-/m0/s1. The molecule has 0 aromatic heterocycles. The van der Waals surface area contributed by atoms with Crippen molar-refractivity contribution in [3.8, 4) is 0 Å². The number of hydrogen-bond donors (Lipinski definition) is 1. The molecule has 0 heterocycles. The average molecular weight is 463 g/mol. The number of hydrogen-bond acceptors (Lipinski definition) is 2. The van der Waals surface area contributed by atoms with E-state index in [2.05, 4.69) is 43.4 Å². The van der Waals surface area contributed by atoms with Crippen LogP contribution in [0.25, 0.3) is 0 Å². The smallest absolute Gasteiger partial charge is 0.242 e. The molecule has 31 heavy (non-hydrogen) atoms. The van der Waals surface area contributed by atoms with E-state index in [1.165, 1.54) is 5.56 Å². The summed E-state index contributed by atoms with van der Waals surface area (Å²) in [6.45, 7) is 8.89. The van der Waals surface area contributed by atoms with Gasteiger partial charge in [-0.05, 0) is 54.5 Å². The van der Waals surface area contributed by atoms with Gasteiger partial charge in [0, 0.05) is 29.6 Å². The zero-order chi connectivity index (χ0) is 23.0. The molecule has 0 saturated carbocycles. The van der Waals surface area contributed by atoms with Crippen molar-refractivity contribution in [3.63, 3.8) is 0 Å². The van der Waals surface area contributed by atoms with Crippen LogP contribution in [0.5, 0.6) is 0 Å². The second kappa shape index (κ2) is 12.1. The minimum absolute atomic E-state index is 0.0851. The van der Waals surface area contributed by atoms with Crippen LogP contribution in [0.4, 0.5) is 0 Å². The summed E-state index contributed by atoms with van der Waals surface area (Å²) in [6.07, 6.45) is 1.77. The van der Waals surface area contributed by atoms with Gasteiger partial charge < -0.3 is 10.2 Å². The summed E-state index contributed by atoms with van der Waals surface area (Å²) in [5.74, 6) is 0.220. The van der Waals surface area contributed by atoms with Crippen LogP contribution < -0.4 is 5.32 Å². The Bertz CT molecular complexity index is 882. The van der Waals surface area contributed by atoms with Crippen LogP contribution in [0.15, 0.2) is 42.5 Å². The SMILES string of the molecule is CCCNC(=O)[C@H](C)N(Cc1ccc(Cl)cc1Cl)C(=O)CCc1ccc(C(C)C)cc1. The van der Waals surface area contributed by atoms with E-state index >= 15 is 0 Å². The van der Waals surface area contributed by atoms with Gasteiger partial charge in [-0.25, -0.2) is 0 Å². The maximum Gasteiger partial charge on any atom is 0.242 e. The number of rotatable bonds is 10. The van der Waals surface area contributed by atoms with Crippen molar-refractivity contribution < 1.29 is 9.59 Å². The monoisotopic (exact) mass is 462 g/mol. The molecule has 0 spiro atoms. The number of benzene rings is 2. The zero-order valence-corrected chi connectivity index (χ0v) is 20.3. The molecule has 0 aliphatic rings. The lowest BCUT2D eigenvalue weighted by atomic mass is 10.00. The summed E-state index contributed by atoms with van der Waals surface area (Å²) in [7, 11) is 0. The minimum Gasteiger partial charge on any atom is -0.354 e. The molecular weight excluding hydrogens is 431 g/mol. The molecule has 2 aromatic carbocycles. The van der Waals surface area contributed by atoms with Crippen molar-refractivity contribution >= 4 is 35.0 Å². The fourth-order valence-electron chi connectivity index (χ4n) is 3.28. The van der Waals surface area contributed by atoms with E-state index in [0.717, 1.165) is 17.5 Å². The van der Waals surface area contributed by atoms with Gasteiger partial charge in [0.25, 0.3) is 0 Å². The molecule has 168 valence electrons. The largest absolute Gasteiger partial charge is 0.354 e. The lowest BCUT2D eigenvalue weighted by molar-refractivity contribution is -0.140. The summed E-state index contributed by atoms with van der Waals surface area (Å²) in [6, 6.07) is 12.9. The van der Waals surface area contributed by atoms with Gasteiger partial charge in [0.05, 0.1) is 0 Å². The Morgan fingerprint density at radius 3 is 2.29 bits per heavy atom. The maximum atomic E-state index is 13.2. The molecule has 0 aliphatic carbocycles. The molecule has 4 nitrogen and oxygen atoms in total. The summed E-state index contributed by atoms with van der Waals surface area (Å²) < 4.78 is 0. The molecule has 1 atom stereocenters. The molecule has 2 aromatic rings. The van der Waals surface area contributed by atoms with Gasteiger partial charge in [-0.2, -0.15) is 0 Å². The van der Waals surface area contributed by atoms with Gasteiger partial charge in [0.15, 0.2) is 0 Å². The summed E-state index contributed by atoms with van der Waals surface area (Å²) in [4.78, 5) is 27.4. The quantitative estimate of drug-likeness (QED) is 0.470. The summed E-state index contributed by atoms with van der Waals surface area (Å²) in [5, 5.41) is 3.90. The third-order valence-corrected chi connectivity index (χ3v) is 5.93. The third-order valence-electron chi connectivity index (χ3n) is 5.35. The minimum atomic E-state index is -0.603. The van der Waals surface area contributed by atoms with Gasteiger partial charge in [-0.3, -0.25) is 9.59 Å². The van der Waals surface area contributed by atoms with E-state index in [1.54, 1.807) is 30.0 Å². The molecule has 2 rings (SSSR count). The summed E-state index contributed by atoms with van der Waals surface area (Å²) >= 11 is 12.3. The predicted octanol–water partition coefficient (Wildman–Crippen LogP) is 5.99. The molecule has 0 aliphatic heterocycles. The van der Waals surface area contributed by atoms with Gasteiger partial charge >= 0.3 is 0 Å². The van der Waals surface area contributed by atoms with Gasteiger partial charge in [0.1, 0.15) is 6.04 Å². The Balaban J connectivity index is 2.15. The van der Waals surface area contributed by atoms with E-state index in [-0.39, 0.29) is 18.4 Å². The van der Waals surface area contributed by atoms with Crippen molar-refractivity contribution in [1.82, 2.24) is 10.2 Å². The first-order valence-corrected chi connectivity index (χ1v) is 11.6. The number of halogens is 2. The van der Waals surface area contributed by atoms with Crippen LogP contribution in [0.3, 0.4) is 0 Å². The highest BCUT2D eigenvalue weighted by Gasteiger charge is 2.26. The van der Waals surface area contributed by atoms with Crippen molar-refractivity contribution in [1.29, 1.82) is 0 Å². The zero-order valence-electron chi connectivity index (χ0n) is 18.8. The fraction of sp³-hybridized carbons (Fsp3) is 0.440. The van der Waals surface area contributed by atoms with E-state index in [4.69, 9.17) is 23.2 Å². The first kappa shape index (κ1) is 25.2. The average Bonchev–Trinajstić information content (AvgIpc) is 2.75. The number of nitrogens with zero attached hydrogens (tertiary/aromatic N) is 1. The van der Waals surface area contributed by atoms with Crippen molar-refractivity contribution in [2.24, 2.45) is 0 Å². The Morgan fingerprint density at radius 1 is 1.03 bits per heavy atom. The first-order chi connectivity index (χ1) is 14.7. The molecule has 0 unspecified atom stereocenters. The number of carbonyl (C=O) groups excluding carboxylic acids is 2. The van der Waals surface area contributed by atoms with E-state index in [9.17, 15) is 9.59 Å². The number of amides is 2. The van der Waals surface area contributed by atoms with Crippen molar-refractivity contribution in [2.75, 3.05) is 6.54 Å². The maximum absolute atomic E-state index is 13.2. The molecule has 0 bridgehead atoms. The molecule has 0 fully saturated rings. The highest BCUT2D eigenvalue weighted by atomic mass is 35.5. The van der Waals surface area contributed by atoms with Gasteiger partial charge in [0.2, 0.25) is 11.8 Å². The van der Waals surface area contributed by atoms with E-state index in [1.807, 2.05) is 6.92 Å². The fourth-order valence-corrected chi connectivity index (χ4v) is 3.74. The second-order valence-corrected chi connectivity index (χ2v) is 8.96. The van der Waals surface area contributed by atoms with Crippen LogP contribution in [0.2, 0.25) is 10.0 Å². The Morgan fingerprint density at radius 2 is 1.71 bits per heavy atom. The lowest BCUT2D eigenvalue weighted by Gasteiger charge is -2.29. The Labute approximate surface area is 195 Å².